The molecule has 3 aliphatic rings. The SMILES string of the molecule is O=CC12CC(c3ccc(Br)cc3)(C1)C2. The molecule has 1 aromatic carbocycles. The van der Waals surface area contributed by atoms with Crippen molar-refractivity contribution in [2.45, 2.75) is 24.7 Å². The van der Waals surface area contributed by atoms with Crippen LogP contribution in [0.5, 0.6) is 0 Å². The van der Waals surface area contributed by atoms with Gasteiger partial charge >= 0.3 is 0 Å². The van der Waals surface area contributed by atoms with Crippen LogP contribution in [-0.4, -0.2) is 6.29 Å². The molecule has 3 saturated carbocycles. The van der Waals surface area contributed by atoms with Gasteiger partial charge in [0, 0.05) is 9.89 Å². The first-order valence-electron chi connectivity index (χ1n) is 4.91. The molecule has 0 amide bonds. The number of hydrogen-bond acceptors (Lipinski definition) is 1. The molecule has 14 heavy (non-hydrogen) atoms. The Morgan fingerprint density at radius 3 is 2.21 bits per heavy atom. The summed E-state index contributed by atoms with van der Waals surface area (Å²) < 4.78 is 1.12. The van der Waals surface area contributed by atoms with E-state index in [1.807, 2.05) is 0 Å². The van der Waals surface area contributed by atoms with E-state index in [-0.39, 0.29) is 5.41 Å². The molecular weight excluding hydrogens is 240 g/mol. The number of hydrogen-bond donors (Lipinski definition) is 0. The zero-order valence-electron chi connectivity index (χ0n) is 7.79. The molecule has 2 bridgehead atoms. The van der Waals surface area contributed by atoms with Gasteiger partial charge in [-0.25, -0.2) is 0 Å². The van der Waals surface area contributed by atoms with Gasteiger partial charge in [-0.2, -0.15) is 0 Å². The van der Waals surface area contributed by atoms with E-state index in [1.165, 1.54) is 5.56 Å². The van der Waals surface area contributed by atoms with Gasteiger partial charge in [0.25, 0.3) is 0 Å². The summed E-state index contributed by atoms with van der Waals surface area (Å²) in [5, 5.41) is 0. The minimum Gasteiger partial charge on any atom is -0.303 e. The maximum Gasteiger partial charge on any atom is 0.126 e. The molecule has 0 spiro atoms. The first-order chi connectivity index (χ1) is 6.68. The van der Waals surface area contributed by atoms with Gasteiger partial charge in [-0.1, -0.05) is 28.1 Å². The Bertz CT molecular complexity index is 374. The number of carbonyl (C=O) groups is 1. The number of rotatable bonds is 2. The lowest BCUT2D eigenvalue weighted by molar-refractivity contribution is -0.159. The van der Waals surface area contributed by atoms with Gasteiger partial charge in [-0.3, -0.25) is 0 Å². The average molecular weight is 251 g/mol. The van der Waals surface area contributed by atoms with Crippen molar-refractivity contribution in [3.63, 3.8) is 0 Å². The Kier molecular flexibility index (Phi) is 1.54. The van der Waals surface area contributed by atoms with Crippen LogP contribution in [0.15, 0.2) is 28.7 Å². The summed E-state index contributed by atoms with van der Waals surface area (Å²) in [6, 6.07) is 8.53. The van der Waals surface area contributed by atoms with Crippen LogP contribution in [0.1, 0.15) is 24.8 Å². The summed E-state index contributed by atoms with van der Waals surface area (Å²) in [4.78, 5) is 10.8. The Balaban J connectivity index is 1.87. The number of aldehydes is 1. The van der Waals surface area contributed by atoms with Crippen LogP contribution < -0.4 is 0 Å². The maximum atomic E-state index is 10.8. The van der Waals surface area contributed by atoms with Crippen molar-refractivity contribution in [2.75, 3.05) is 0 Å². The van der Waals surface area contributed by atoms with Crippen molar-refractivity contribution in [3.8, 4) is 0 Å². The van der Waals surface area contributed by atoms with Gasteiger partial charge in [-0.15, -0.1) is 0 Å². The standard InChI is InChI=1S/C12H11BrO/c13-10-3-1-9(2-4-10)12-5-11(6-12,7-12)8-14/h1-4,8H,5-7H2. The minimum absolute atomic E-state index is 0.0765. The zero-order valence-corrected chi connectivity index (χ0v) is 9.38. The summed E-state index contributed by atoms with van der Waals surface area (Å²) in [5.74, 6) is 0. The lowest BCUT2D eigenvalue weighted by Gasteiger charge is -2.68. The Labute approximate surface area is 91.6 Å². The van der Waals surface area contributed by atoms with E-state index < -0.39 is 0 Å². The highest BCUT2D eigenvalue weighted by Gasteiger charge is 2.68. The second-order valence-corrected chi connectivity index (χ2v) is 5.71. The number of benzene rings is 1. The van der Waals surface area contributed by atoms with Crippen molar-refractivity contribution in [1.82, 2.24) is 0 Å². The molecule has 0 unspecified atom stereocenters. The van der Waals surface area contributed by atoms with E-state index >= 15 is 0 Å². The molecular formula is C12H11BrO. The normalized spacial score (nSPS) is 38.4. The third-order valence-corrected chi connectivity index (χ3v) is 4.31. The number of carbonyl (C=O) groups excluding carboxylic acids is 1. The molecule has 4 rings (SSSR count). The fourth-order valence-electron chi connectivity index (χ4n) is 3.10. The summed E-state index contributed by atoms with van der Waals surface area (Å²) >= 11 is 3.43. The predicted molar refractivity (Wildman–Crippen MR) is 58.2 cm³/mol. The highest BCUT2D eigenvalue weighted by molar-refractivity contribution is 9.10. The molecule has 3 fully saturated rings. The van der Waals surface area contributed by atoms with Gasteiger partial charge < -0.3 is 4.79 Å². The largest absolute Gasteiger partial charge is 0.303 e. The summed E-state index contributed by atoms with van der Waals surface area (Å²) in [6.07, 6.45) is 4.38. The average Bonchev–Trinajstić information content (AvgIpc) is 2.04. The molecule has 3 aliphatic carbocycles. The van der Waals surface area contributed by atoms with Crippen molar-refractivity contribution in [2.24, 2.45) is 5.41 Å². The third kappa shape index (κ3) is 0.924. The zero-order chi connectivity index (χ0) is 9.81. The predicted octanol–water partition coefficient (Wildman–Crippen LogP) is 3.07. The third-order valence-electron chi connectivity index (χ3n) is 3.78. The molecule has 0 radical (unpaired) electrons. The first-order valence-corrected chi connectivity index (χ1v) is 5.70. The van der Waals surface area contributed by atoms with Crippen molar-refractivity contribution < 1.29 is 4.79 Å². The highest BCUT2D eigenvalue weighted by Crippen LogP contribution is 2.72. The molecule has 0 aliphatic heterocycles. The maximum absolute atomic E-state index is 10.8. The highest BCUT2D eigenvalue weighted by atomic mass is 79.9. The fourth-order valence-corrected chi connectivity index (χ4v) is 3.37. The second kappa shape index (κ2) is 2.48. The fraction of sp³-hybridized carbons (Fsp3) is 0.417. The van der Waals surface area contributed by atoms with Gasteiger partial charge in [0.2, 0.25) is 0 Å². The summed E-state index contributed by atoms with van der Waals surface area (Å²) in [5.41, 5.74) is 1.85. The van der Waals surface area contributed by atoms with E-state index in [4.69, 9.17) is 0 Å². The smallest absolute Gasteiger partial charge is 0.126 e. The van der Waals surface area contributed by atoms with Crippen LogP contribution >= 0.6 is 15.9 Å². The first kappa shape index (κ1) is 8.66. The molecule has 2 heteroatoms. The summed E-state index contributed by atoms with van der Waals surface area (Å²) in [7, 11) is 0. The Morgan fingerprint density at radius 1 is 1.14 bits per heavy atom. The van der Waals surface area contributed by atoms with E-state index in [0.717, 1.165) is 30.0 Å². The number of halogens is 1. The van der Waals surface area contributed by atoms with Crippen LogP contribution in [0, 0.1) is 5.41 Å². The van der Waals surface area contributed by atoms with Gasteiger partial charge in [-0.05, 0) is 42.4 Å². The van der Waals surface area contributed by atoms with Crippen LogP contribution in [0.25, 0.3) is 0 Å². The van der Waals surface area contributed by atoms with E-state index in [0.29, 0.717) is 5.41 Å². The van der Waals surface area contributed by atoms with Crippen molar-refractivity contribution in [1.29, 1.82) is 0 Å². The molecule has 1 nitrogen and oxygen atoms in total. The van der Waals surface area contributed by atoms with E-state index in [1.54, 1.807) is 0 Å². The van der Waals surface area contributed by atoms with Gasteiger partial charge in [0.05, 0.1) is 0 Å². The molecule has 72 valence electrons. The molecule has 0 aromatic heterocycles. The van der Waals surface area contributed by atoms with E-state index in [2.05, 4.69) is 40.2 Å². The van der Waals surface area contributed by atoms with Crippen LogP contribution in [0.4, 0.5) is 0 Å². The molecule has 0 saturated heterocycles. The van der Waals surface area contributed by atoms with Crippen LogP contribution in [-0.2, 0) is 10.2 Å². The lowest BCUT2D eigenvalue weighted by atomic mass is 9.34. The Morgan fingerprint density at radius 2 is 1.71 bits per heavy atom. The quantitative estimate of drug-likeness (QED) is 0.738. The molecule has 0 atom stereocenters. The molecule has 1 aromatic rings. The molecule has 0 N–H and O–H groups in total. The molecule has 0 heterocycles. The van der Waals surface area contributed by atoms with Crippen LogP contribution in [0.2, 0.25) is 0 Å². The van der Waals surface area contributed by atoms with Crippen molar-refractivity contribution >= 4 is 22.2 Å². The Hall–Kier alpha value is -0.630. The minimum atomic E-state index is 0.0765. The topological polar surface area (TPSA) is 17.1 Å². The van der Waals surface area contributed by atoms with Gasteiger partial charge in [0.1, 0.15) is 6.29 Å². The van der Waals surface area contributed by atoms with E-state index in [9.17, 15) is 4.79 Å². The summed E-state index contributed by atoms with van der Waals surface area (Å²) in [6.45, 7) is 0. The van der Waals surface area contributed by atoms with Gasteiger partial charge in [0.15, 0.2) is 0 Å². The van der Waals surface area contributed by atoms with Crippen molar-refractivity contribution in [3.05, 3.63) is 34.3 Å². The lowest BCUT2D eigenvalue weighted by Crippen LogP contribution is -2.65. The van der Waals surface area contributed by atoms with Crippen LogP contribution in [0.3, 0.4) is 0 Å². The monoisotopic (exact) mass is 250 g/mol. The second-order valence-electron chi connectivity index (χ2n) is 4.80.